The largest absolute Gasteiger partial charge is 0.308 e. The van der Waals surface area contributed by atoms with Crippen molar-refractivity contribution in [3.05, 3.63) is 0 Å². The SMILES string of the molecule is CC(C)CN(CCN(C)C)S(=O)(=O)CBr. The van der Waals surface area contributed by atoms with Crippen molar-refractivity contribution in [3.8, 4) is 0 Å². The van der Waals surface area contributed by atoms with Crippen molar-refractivity contribution in [2.24, 2.45) is 5.92 Å². The zero-order valence-electron chi connectivity index (χ0n) is 9.90. The summed E-state index contributed by atoms with van der Waals surface area (Å²) in [6.07, 6.45) is 0. The molecule has 0 aromatic heterocycles. The molecule has 0 fully saturated rings. The van der Waals surface area contributed by atoms with Crippen molar-refractivity contribution in [2.75, 3.05) is 38.4 Å². The molecule has 0 aliphatic rings. The van der Waals surface area contributed by atoms with Crippen LogP contribution in [-0.4, -0.2) is 56.0 Å². The van der Waals surface area contributed by atoms with Crippen LogP contribution < -0.4 is 0 Å². The predicted molar refractivity (Wildman–Crippen MR) is 67.7 cm³/mol. The van der Waals surface area contributed by atoms with Gasteiger partial charge in [0.05, 0.1) is 0 Å². The van der Waals surface area contributed by atoms with E-state index in [-0.39, 0.29) is 4.66 Å². The third-order valence-electron chi connectivity index (χ3n) is 1.90. The van der Waals surface area contributed by atoms with E-state index in [0.29, 0.717) is 19.0 Å². The van der Waals surface area contributed by atoms with Gasteiger partial charge in [-0.05, 0) is 20.0 Å². The predicted octanol–water partition coefficient (Wildman–Crippen LogP) is 1.19. The van der Waals surface area contributed by atoms with Gasteiger partial charge >= 0.3 is 0 Å². The molecule has 0 aliphatic heterocycles. The number of rotatable bonds is 7. The number of nitrogens with zero attached hydrogens (tertiary/aromatic N) is 2. The number of hydrogen-bond acceptors (Lipinski definition) is 3. The summed E-state index contributed by atoms with van der Waals surface area (Å²) in [6.45, 7) is 5.93. The van der Waals surface area contributed by atoms with E-state index in [0.717, 1.165) is 6.54 Å². The van der Waals surface area contributed by atoms with Crippen LogP contribution in [0.25, 0.3) is 0 Å². The van der Waals surface area contributed by atoms with Crippen LogP contribution in [0.15, 0.2) is 0 Å². The van der Waals surface area contributed by atoms with Crippen LogP contribution in [0.4, 0.5) is 0 Å². The van der Waals surface area contributed by atoms with Crippen LogP contribution in [0.1, 0.15) is 13.8 Å². The van der Waals surface area contributed by atoms with Gasteiger partial charge < -0.3 is 4.90 Å². The third-order valence-corrected chi connectivity index (χ3v) is 5.03. The van der Waals surface area contributed by atoms with Gasteiger partial charge in [-0.3, -0.25) is 0 Å². The molecule has 0 heterocycles. The van der Waals surface area contributed by atoms with E-state index < -0.39 is 10.0 Å². The average molecular weight is 301 g/mol. The topological polar surface area (TPSA) is 40.6 Å². The molecule has 0 atom stereocenters. The average Bonchev–Trinajstić information content (AvgIpc) is 2.11. The van der Waals surface area contributed by atoms with Gasteiger partial charge in [0.25, 0.3) is 0 Å². The Hall–Kier alpha value is 0.350. The number of likely N-dealkylation sites (N-methyl/N-ethyl adjacent to an activating group) is 1. The van der Waals surface area contributed by atoms with Gasteiger partial charge in [-0.25, -0.2) is 8.42 Å². The van der Waals surface area contributed by atoms with Crippen molar-refractivity contribution in [3.63, 3.8) is 0 Å². The lowest BCUT2D eigenvalue weighted by Crippen LogP contribution is -2.39. The first-order valence-electron chi connectivity index (χ1n) is 4.98. The van der Waals surface area contributed by atoms with Gasteiger partial charge in [-0.15, -0.1) is 0 Å². The molecule has 0 saturated carbocycles. The Morgan fingerprint density at radius 1 is 1.20 bits per heavy atom. The number of halogens is 1. The quantitative estimate of drug-likeness (QED) is 0.663. The Morgan fingerprint density at radius 3 is 2.07 bits per heavy atom. The smallest absolute Gasteiger partial charge is 0.224 e. The molecule has 0 radical (unpaired) electrons. The zero-order chi connectivity index (χ0) is 12.1. The first-order chi connectivity index (χ1) is 6.79. The highest BCUT2D eigenvalue weighted by atomic mass is 79.9. The molecule has 0 saturated heterocycles. The third kappa shape index (κ3) is 6.50. The first kappa shape index (κ1) is 15.3. The van der Waals surface area contributed by atoms with Crippen molar-refractivity contribution in [1.82, 2.24) is 9.21 Å². The Labute approximate surface area is 102 Å². The molecule has 0 amide bonds. The second kappa shape index (κ2) is 6.83. The van der Waals surface area contributed by atoms with Gasteiger partial charge in [0.15, 0.2) is 0 Å². The lowest BCUT2D eigenvalue weighted by Gasteiger charge is -2.24. The van der Waals surface area contributed by atoms with Crippen LogP contribution in [0.2, 0.25) is 0 Å². The fraction of sp³-hybridized carbons (Fsp3) is 1.00. The summed E-state index contributed by atoms with van der Waals surface area (Å²) in [6, 6.07) is 0. The fourth-order valence-corrected chi connectivity index (χ4v) is 3.02. The maximum atomic E-state index is 11.7. The van der Waals surface area contributed by atoms with Crippen LogP contribution in [0.5, 0.6) is 0 Å². The van der Waals surface area contributed by atoms with E-state index in [9.17, 15) is 8.42 Å². The van der Waals surface area contributed by atoms with Crippen LogP contribution in [0, 0.1) is 5.92 Å². The summed E-state index contributed by atoms with van der Waals surface area (Å²) in [4.78, 5) is 1.98. The van der Waals surface area contributed by atoms with Gasteiger partial charge in [0, 0.05) is 19.6 Å². The van der Waals surface area contributed by atoms with Gasteiger partial charge in [-0.2, -0.15) is 4.31 Å². The molecule has 4 nitrogen and oxygen atoms in total. The molecule has 0 bridgehead atoms. The summed E-state index contributed by atoms with van der Waals surface area (Å²) in [7, 11) is 0.750. The number of alkyl halides is 1. The van der Waals surface area contributed by atoms with E-state index in [2.05, 4.69) is 15.9 Å². The summed E-state index contributed by atoms with van der Waals surface area (Å²) >= 11 is 3.03. The van der Waals surface area contributed by atoms with E-state index in [1.807, 2.05) is 32.8 Å². The highest BCUT2D eigenvalue weighted by Crippen LogP contribution is 2.08. The van der Waals surface area contributed by atoms with Crippen LogP contribution >= 0.6 is 15.9 Å². The lowest BCUT2D eigenvalue weighted by atomic mass is 10.2. The highest BCUT2D eigenvalue weighted by molar-refractivity contribution is 9.10. The number of sulfonamides is 1. The minimum atomic E-state index is -3.13. The summed E-state index contributed by atoms with van der Waals surface area (Å²) in [5, 5.41) is 0. The Balaban J connectivity index is 4.45. The van der Waals surface area contributed by atoms with E-state index in [4.69, 9.17) is 0 Å². The zero-order valence-corrected chi connectivity index (χ0v) is 12.3. The molecule has 0 N–H and O–H groups in total. The molecular formula is C9H21BrN2O2S. The van der Waals surface area contributed by atoms with Gasteiger partial charge in [0.1, 0.15) is 4.66 Å². The fourth-order valence-electron chi connectivity index (χ4n) is 1.13. The van der Waals surface area contributed by atoms with Gasteiger partial charge in [-0.1, -0.05) is 29.8 Å². The molecule has 0 aromatic rings. The molecule has 6 heteroatoms. The van der Waals surface area contributed by atoms with Crippen molar-refractivity contribution in [1.29, 1.82) is 0 Å². The summed E-state index contributed by atoms with van der Waals surface area (Å²) in [5.74, 6) is 0.348. The first-order valence-corrected chi connectivity index (χ1v) is 7.71. The van der Waals surface area contributed by atoms with Crippen molar-refractivity contribution >= 4 is 26.0 Å². The molecule has 0 rings (SSSR count). The summed E-state index contributed by atoms with van der Waals surface area (Å²) in [5.41, 5.74) is 0. The molecule has 92 valence electrons. The summed E-state index contributed by atoms with van der Waals surface area (Å²) < 4.78 is 25.0. The molecular weight excluding hydrogens is 280 g/mol. The maximum absolute atomic E-state index is 11.7. The van der Waals surface area contributed by atoms with Crippen LogP contribution in [0.3, 0.4) is 0 Å². The Bertz CT molecular complexity index is 265. The molecule has 0 aliphatic carbocycles. The molecule has 0 spiro atoms. The van der Waals surface area contributed by atoms with E-state index in [1.165, 1.54) is 0 Å². The maximum Gasteiger partial charge on any atom is 0.224 e. The van der Waals surface area contributed by atoms with Crippen molar-refractivity contribution < 1.29 is 8.42 Å². The van der Waals surface area contributed by atoms with E-state index >= 15 is 0 Å². The molecule has 0 unspecified atom stereocenters. The monoisotopic (exact) mass is 300 g/mol. The molecule has 0 aromatic carbocycles. The Kier molecular flexibility index (Phi) is 6.99. The number of hydrogen-bond donors (Lipinski definition) is 0. The van der Waals surface area contributed by atoms with Crippen LogP contribution in [-0.2, 0) is 10.0 Å². The minimum Gasteiger partial charge on any atom is -0.308 e. The Morgan fingerprint density at radius 2 is 1.73 bits per heavy atom. The van der Waals surface area contributed by atoms with Crippen molar-refractivity contribution in [2.45, 2.75) is 13.8 Å². The second-order valence-electron chi connectivity index (χ2n) is 4.28. The molecule has 15 heavy (non-hydrogen) atoms. The normalized spacial score (nSPS) is 13.1. The standard InChI is InChI=1S/C9H21BrN2O2S/c1-9(2)7-12(6-5-11(3)4)15(13,14)8-10/h9H,5-8H2,1-4H3. The van der Waals surface area contributed by atoms with E-state index in [1.54, 1.807) is 4.31 Å². The minimum absolute atomic E-state index is 0.000147. The van der Waals surface area contributed by atoms with Gasteiger partial charge in [0.2, 0.25) is 10.0 Å². The lowest BCUT2D eigenvalue weighted by molar-refractivity contribution is 0.314. The second-order valence-corrected chi connectivity index (χ2v) is 7.55. The highest BCUT2D eigenvalue weighted by Gasteiger charge is 2.21.